The van der Waals surface area contributed by atoms with Crippen LogP contribution in [0.2, 0.25) is 0 Å². The van der Waals surface area contributed by atoms with E-state index in [1.807, 2.05) is 0 Å². The van der Waals surface area contributed by atoms with E-state index in [0.717, 1.165) is 24.0 Å². The molecule has 0 radical (unpaired) electrons. The predicted octanol–water partition coefficient (Wildman–Crippen LogP) is 7.97. The molecule has 1 aliphatic carbocycles. The van der Waals surface area contributed by atoms with Gasteiger partial charge in [0, 0.05) is 11.1 Å². The van der Waals surface area contributed by atoms with Gasteiger partial charge < -0.3 is 4.74 Å². The van der Waals surface area contributed by atoms with Crippen LogP contribution in [0.1, 0.15) is 66.8 Å². The second kappa shape index (κ2) is 11.1. The molecule has 1 nitrogen and oxygen atoms in total. The van der Waals surface area contributed by atoms with Crippen molar-refractivity contribution in [2.45, 2.75) is 64.9 Å². The lowest BCUT2D eigenvalue weighted by atomic mass is 9.83. The molecule has 0 bridgehead atoms. The number of alkyl halides is 2. The normalized spacial score (nSPS) is 12.0. The SMILES string of the molecule is CCCCCCCc1ccc2c(c1)CCc1cc(C#Cc3ccc(OC(F)F)cc3)ccc1-2. The van der Waals surface area contributed by atoms with Crippen LogP contribution in [0.25, 0.3) is 11.1 Å². The molecule has 3 aromatic carbocycles. The quantitative estimate of drug-likeness (QED) is 0.253. The molecule has 3 aromatic rings. The largest absolute Gasteiger partial charge is 0.435 e. The molecule has 0 N–H and O–H groups in total. The second-order valence-electron chi connectivity index (χ2n) is 8.68. The van der Waals surface area contributed by atoms with Gasteiger partial charge in [0.25, 0.3) is 0 Å². The van der Waals surface area contributed by atoms with Crippen LogP contribution in [0.4, 0.5) is 8.78 Å². The zero-order valence-corrected chi connectivity index (χ0v) is 19.2. The summed E-state index contributed by atoms with van der Waals surface area (Å²) in [6.07, 6.45) is 9.84. The van der Waals surface area contributed by atoms with E-state index in [4.69, 9.17) is 0 Å². The van der Waals surface area contributed by atoms with Crippen LogP contribution in [0.5, 0.6) is 5.75 Å². The van der Waals surface area contributed by atoms with Crippen molar-refractivity contribution in [2.24, 2.45) is 0 Å². The van der Waals surface area contributed by atoms with Gasteiger partial charge in [-0.2, -0.15) is 8.78 Å². The van der Waals surface area contributed by atoms with Gasteiger partial charge in [0.2, 0.25) is 0 Å². The van der Waals surface area contributed by atoms with Gasteiger partial charge in [-0.25, -0.2) is 0 Å². The van der Waals surface area contributed by atoms with Crippen molar-refractivity contribution in [3.8, 4) is 28.7 Å². The standard InChI is InChI=1S/C30H30F2O/c1-2-3-4-5-6-7-23-12-18-28-25(20-23)14-15-26-21-24(13-19-29(26)28)9-8-22-10-16-27(17-11-22)33-30(31)32/h10-13,16-21,30H,2-7,14-15H2,1H3. The Kier molecular flexibility index (Phi) is 7.79. The highest BCUT2D eigenvalue weighted by molar-refractivity contribution is 5.74. The summed E-state index contributed by atoms with van der Waals surface area (Å²) in [5, 5.41) is 0. The molecule has 0 atom stereocenters. The van der Waals surface area contributed by atoms with E-state index in [-0.39, 0.29) is 5.75 Å². The average Bonchev–Trinajstić information content (AvgIpc) is 2.82. The lowest BCUT2D eigenvalue weighted by Crippen LogP contribution is -2.05. The van der Waals surface area contributed by atoms with Gasteiger partial charge in [-0.1, -0.05) is 68.7 Å². The Labute approximate surface area is 195 Å². The summed E-state index contributed by atoms with van der Waals surface area (Å²) in [5.41, 5.74) is 8.64. The lowest BCUT2D eigenvalue weighted by Gasteiger charge is -2.21. The van der Waals surface area contributed by atoms with Gasteiger partial charge in [-0.3, -0.25) is 0 Å². The third kappa shape index (κ3) is 6.23. The number of hydrogen-bond acceptors (Lipinski definition) is 1. The van der Waals surface area contributed by atoms with E-state index in [9.17, 15) is 8.78 Å². The third-order valence-corrected chi connectivity index (χ3v) is 6.23. The van der Waals surface area contributed by atoms with Crippen LogP contribution in [0.15, 0.2) is 60.7 Å². The maximum absolute atomic E-state index is 12.3. The highest BCUT2D eigenvalue weighted by atomic mass is 19.3. The summed E-state index contributed by atoms with van der Waals surface area (Å²) < 4.78 is 28.9. The van der Waals surface area contributed by atoms with Crippen LogP contribution in [0.3, 0.4) is 0 Å². The first-order valence-electron chi connectivity index (χ1n) is 11.9. The lowest BCUT2D eigenvalue weighted by molar-refractivity contribution is -0.0498. The number of hydrogen-bond donors (Lipinski definition) is 0. The molecular weight excluding hydrogens is 414 g/mol. The monoisotopic (exact) mass is 444 g/mol. The first-order valence-corrected chi connectivity index (χ1v) is 11.9. The number of rotatable bonds is 8. The van der Waals surface area contributed by atoms with Gasteiger partial charge in [0.15, 0.2) is 0 Å². The minimum Gasteiger partial charge on any atom is -0.435 e. The Bertz CT molecular complexity index is 1140. The molecule has 3 heteroatoms. The van der Waals surface area contributed by atoms with E-state index in [1.54, 1.807) is 12.1 Å². The molecule has 4 rings (SSSR count). The van der Waals surface area contributed by atoms with Gasteiger partial charge in [-0.15, -0.1) is 0 Å². The summed E-state index contributed by atoms with van der Waals surface area (Å²) in [4.78, 5) is 0. The minimum absolute atomic E-state index is 0.141. The number of benzene rings is 3. The molecule has 0 heterocycles. The Morgan fingerprint density at radius 3 is 2.12 bits per heavy atom. The van der Waals surface area contributed by atoms with Gasteiger partial charge in [0.05, 0.1) is 0 Å². The Morgan fingerprint density at radius 2 is 1.39 bits per heavy atom. The van der Waals surface area contributed by atoms with E-state index in [0.29, 0.717) is 0 Å². The predicted molar refractivity (Wildman–Crippen MR) is 131 cm³/mol. The molecule has 33 heavy (non-hydrogen) atoms. The van der Waals surface area contributed by atoms with Gasteiger partial charge >= 0.3 is 6.61 Å². The minimum atomic E-state index is -2.82. The molecule has 0 saturated heterocycles. The average molecular weight is 445 g/mol. The van der Waals surface area contributed by atoms with Crippen LogP contribution in [-0.2, 0) is 19.3 Å². The van der Waals surface area contributed by atoms with Crippen LogP contribution in [-0.4, -0.2) is 6.61 Å². The number of halogens is 2. The highest BCUT2D eigenvalue weighted by Gasteiger charge is 2.16. The number of fused-ring (bicyclic) bond motifs is 3. The molecule has 1 aliphatic rings. The first-order chi connectivity index (χ1) is 16.1. The number of aryl methyl sites for hydroxylation is 3. The molecule has 170 valence electrons. The topological polar surface area (TPSA) is 9.23 Å². The molecule has 0 spiro atoms. The van der Waals surface area contributed by atoms with E-state index < -0.39 is 6.61 Å². The fourth-order valence-corrected chi connectivity index (χ4v) is 4.48. The van der Waals surface area contributed by atoms with E-state index in [2.05, 4.69) is 59.9 Å². The zero-order chi connectivity index (χ0) is 23.0. The van der Waals surface area contributed by atoms with E-state index in [1.165, 1.54) is 78.5 Å². The Hall–Kier alpha value is -3.12. The molecule has 0 unspecified atom stereocenters. The van der Waals surface area contributed by atoms with Crippen LogP contribution < -0.4 is 4.74 Å². The van der Waals surface area contributed by atoms with Crippen molar-refractivity contribution in [2.75, 3.05) is 0 Å². The summed E-state index contributed by atoms with van der Waals surface area (Å²) in [7, 11) is 0. The number of ether oxygens (including phenoxy) is 1. The molecule has 0 saturated carbocycles. The molecule has 0 aromatic heterocycles. The zero-order valence-electron chi connectivity index (χ0n) is 19.2. The molecule has 0 amide bonds. The maximum Gasteiger partial charge on any atom is 0.387 e. The summed E-state index contributed by atoms with van der Waals surface area (Å²) in [5.74, 6) is 6.46. The summed E-state index contributed by atoms with van der Waals surface area (Å²) in [6, 6.07) is 19.8. The van der Waals surface area contributed by atoms with Crippen molar-refractivity contribution < 1.29 is 13.5 Å². The van der Waals surface area contributed by atoms with Crippen molar-refractivity contribution >= 4 is 0 Å². The maximum atomic E-state index is 12.3. The van der Waals surface area contributed by atoms with Gasteiger partial charge in [-0.05, 0) is 89.9 Å². The smallest absolute Gasteiger partial charge is 0.387 e. The van der Waals surface area contributed by atoms with Crippen LogP contribution in [0, 0.1) is 11.8 Å². The second-order valence-corrected chi connectivity index (χ2v) is 8.68. The molecule has 0 aliphatic heterocycles. The fraction of sp³-hybridized carbons (Fsp3) is 0.333. The molecular formula is C30H30F2O. The summed E-state index contributed by atoms with van der Waals surface area (Å²) in [6.45, 7) is -0.559. The van der Waals surface area contributed by atoms with E-state index >= 15 is 0 Å². The van der Waals surface area contributed by atoms with Gasteiger partial charge in [0.1, 0.15) is 5.75 Å². The fourth-order valence-electron chi connectivity index (χ4n) is 4.48. The Morgan fingerprint density at radius 1 is 0.758 bits per heavy atom. The van der Waals surface area contributed by atoms with Crippen molar-refractivity contribution in [1.82, 2.24) is 0 Å². The summed E-state index contributed by atoms with van der Waals surface area (Å²) >= 11 is 0. The van der Waals surface area contributed by atoms with Crippen LogP contribution >= 0.6 is 0 Å². The first kappa shape index (κ1) is 23.1. The third-order valence-electron chi connectivity index (χ3n) is 6.23. The Balaban J connectivity index is 1.44. The number of unbranched alkanes of at least 4 members (excludes halogenated alkanes) is 4. The molecule has 0 fully saturated rings. The van der Waals surface area contributed by atoms with Crippen molar-refractivity contribution in [3.05, 3.63) is 88.5 Å². The van der Waals surface area contributed by atoms with Crippen molar-refractivity contribution in [3.63, 3.8) is 0 Å². The highest BCUT2D eigenvalue weighted by Crippen LogP contribution is 2.34. The van der Waals surface area contributed by atoms with Crippen molar-refractivity contribution in [1.29, 1.82) is 0 Å².